The number of aryl methyl sites for hydroxylation is 1. The number of hydrogen-bond donors (Lipinski definition) is 2. The van der Waals surface area contributed by atoms with E-state index in [0.717, 1.165) is 0 Å². The molecule has 0 saturated carbocycles. The van der Waals surface area contributed by atoms with Crippen LogP contribution in [0.2, 0.25) is 0 Å². The SMILES string of the molecule is Cc1ccncc1C1CN=C(N)N1. The van der Waals surface area contributed by atoms with Crippen molar-refractivity contribution in [3.05, 3.63) is 29.6 Å². The van der Waals surface area contributed by atoms with Crippen molar-refractivity contribution >= 4 is 5.96 Å². The number of nitrogens with one attached hydrogen (secondary N) is 1. The third kappa shape index (κ3) is 1.47. The maximum Gasteiger partial charge on any atom is 0.189 e. The molecule has 1 aliphatic heterocycles. The van der Waals surface area contributed by atoms with E-state index in [0.29, 0.717) is 12.5 Å². The summed E-state index contributed by atoms with van der Waals surface area (Å²) in [5.74, 6) is 0.522. The Morgan fingerprint density at radius 3 is 3.08 bits per heavy atom. The molecule has 0 amide bonds. The van der Waals surface area contributed by atoms with Crippen molar-refractivity contribution in [3.8, 4) is 0 Å². The topological polar surface area (TPSA) is 63.3 Å². The minimum atomic E-state index is 0.202. The second kappa shape index (κ2) is 3.05. The molecule has 0 saturated heterocycles. The molecule has 1 unspecified atom stereocenters. The quantitative estimate of drug-likeness (QED) is 0.649. The Balaban J connectivity index is 2.23. The molecule has 1 aromatic heterocycles. The van der Waals surface area contributed by atoms with E-state index < -0.39 is 0 Å². The molecule has 1 aliphatic rings. The number of aliphatic imine (C=N–C) groups is 1. The van der Waals surface area contributed by atoms with Gasteiger partial charge in [0.15, 0.2) is 5.96 Å². The lowest BCUT2D eigenvalue weighted by atomic mass is 10.1. The second-order valence-corrected chi connectivity index (χ2v) is 3.16. The molecule has 4 nitrogen and oxygen atoms in total. The monoisotopic (exact) mass is 176 g/mol. The van der Waals surface area contributed by atoms with Gasteiger partial charge in [-0.15, -0.1) is 0 Å². The average Bonchev–Trinajstić information content (AvgIpc) is 2.53. The van der Waals surface area contributed by atoms with E-state index in [1.54, 1.807) is 6.20 Å². The van der Waals surface area contributed by atoms with E-state index in [-0.39, 0.29) is 6.04 Å². The lowest BCUT2D eigenvalue weighted by molar-refractivity contribution is 0.698. The molecule has 1 atom stereocenters. The Hall–Kier alpha value is -1.58. The highest BCUT2D eigenvalue weighted by Crippen LogP contribution is 2.18. The molecular weight excluding hydrogens is 164 g/mol. The third-order valence-electron chi connectivity index (χ3n) is 2.22. The number of pyridine rings is 1. The highest BCUT2D eigenvalue weighted by molar-refractivity contribution is 5.80. The maximum absolute atomic E-state index is 5.53. The summed E-state index contributed by atoms with van der Waals surface area (Å²) in [6.45, 7) is 2.77. The molecule has 0 aliphatic carbocycles. The van der Waals surface area contributed by atoms with Crippen LogP contribution in [0.3, 0.4) is 0 Å². The Bertz CT molecular complexity index is 345. The van der Waals surface area contributed by atoms with Crippen molar-refractivity contribution in [3.63, 3.8) is 0 Å². The van der Waals surface area contributed by atoms with Crippen LogP contribution in [-0.4, -0.2) is 17.5 Å². The molecule has 4 heteroatoms. The van der Waals surface area contributed by atoms with Gasteiger partial charge in [0.2, 0.25) is 0 Å². The highest BCUT2D eigenvalue weighted by atomic mass is 15.2. The van der Waals surface area contributed by atoms with Gasteiger partial charge in [0.1, 0.15) is 0 Å². The van der Waals surface area contributed by atoms with Crippen molar-refractivity contribution in [1.82, 2.24) is 10.3 Å². The van der Waals surface area contributed by atoms with Crippen molar-refractivity contribution in [2.24, 2.45) is 10.7 Å². The van der Waals surface area contributed by atoms with E-state index in [1.165, 1.54) is 11.1 Å². The molecule has 1 aromatic rings. The lowest BCUT2D eigenvalue weighted by Crippen LogP contribution is -2.29. The number of rotatable bonds is 1. The average molecular weight is 176 g/mol. The van der Waals surface area contributed by atoms with Crippen LogP contribution in [0.25, 0.3) is 0 Å². The van der Waals surface area contributed by atoms with Crippen LogP contribution in [0.4, 0.5) is 0 Å². The summed E-state index contributed by atoms with van der Waals surface area (Å²) < 4.78 is 0. The van der Waals surface area contributed by atoms with Crippen molar-refractivity contribution in [2.75, 3.05) is 6.54 Å². The van der Waals surface area contributed by atoms with Crippen molar-refractivity contribution in [1.29, 1.82) is 0 Å². The Morgan fingerprint density at radius 1 is 1.62 bits per heavy atom. The van der Waals surface area contributed by atoms with Crippen LogP contribution in [0.15, 0.2) is 23.5 Å². The number of guanidine groups is 1. The summed E-state index contributed by atoms with van der Waals surface area (Å²) in [5.41, 5.74) is 7.92. The first-order chi connectivity index (χ1) is 6.27. The predicted octanol–water partition coefficient (Wildman–Crippen LogP) is 0.349. The molecular formula is C9H12N4. The van der Waals surface area contributed by atoms with E-state index in [1.807, 2.05) is 12.3 Å². The number of nitrogens with zero attached hydrogens (tertiary/aromatic N) is 2. The second-order valence-electron chi connectivity index (χ2n) is 3.16. The first-order valence-electron chi connectivity index (χ1n) is 4.24. The summed E-state index contributed by atoms with van der Waals surface area (Å²) in [6, 6.07) is 2.19. The summed E-state index contributed by atoms with van der Waals surface area (Å²) >= 11 is 0. The van der Waals surface area contributed by atoms with Gasteiger partial charge in [-0.1, -0.05) is 0 Å². The summed E-state index contributed by atoms with van der Waals surface area (Å²) in [4.78, 5) is 8.17. The molecule has 2 rings (SSSR count). The van der Waals surface area contributed by atoms with Crippen molar-refractivity contribution in [2.45, 2.75) is 13.0 Å². The molecule has 2 heterocycles. The van der Waals surface area contributed by atoms with Crippen LogP contribution in [0, 0.1) is 6.92 Å². The Labute approximate surface area is 76.9 Å². The zero-order chi connectivity index (χ0) is 9.26. The summed E-state index contributed by atoms with van der Waals surface area (Å²) in [6.07, 6.45) is 3.65. The van der Waals surface area contributed by atoms with E-state index >= 15 is 0 Å². The van der Waals surface area contributed by atoms with E-state index in [9.17, 15) is 0 Å². The smallest absolute Gasteiger partial charge is 0.189 e. The number of aromatic nitrogens is 1. The van der Waals surface area contributed by atoms with Gasteiger partial charge in [-0.05, 0) is 24.1 Å². The largest absolute Gasteiger partial charge is 0.370 e. The van der Waals surface area contributed by atoms with Gasteiger partial charge < -0.3 is 11.1 Å². The Morgan fingerprint density at radius 2 is 2.46 bits per heavy atom. The molecule has 0 bridgehead atoms. The molecule has 0 aromatic carbocycles. The maximum atomic E-state index is 5.53. The van der Waals surface area contributed by atoms with Gasteiger partial charge in [0.25, 0.3) is 0 Å². The fourth-order valence-electron chi connectivity index (χ4n) is 1.48. The minimum Gasteiger partial charge on any atom is -0.370 e. The summed E-state index contributed by atoms with van der Waals surface area (Å²) in [7, 11) is 0. The van der Waals surface area contributed by atoms with E-state index in [2.05, 4.69) is 22.2 Å². The summed E-state index contributed by atoms with van der Waals surface area (Å²) in [5, 5.41) is 3.10. The molecule has 68 valence electrons. The number of nitrogens with two attached hydrogens (primary N) is 1. The third-order valence-corrected chi connectivity index (χ3v) is 2.22. The normalized spacial score (nSPS) is 21.0. The highest BCUT2D eigenvalue weighted by Gasteiger charge is 2.18. The fraction of sp³-hybridized carbons (Fsp3) is 0.333. The molecule has 0 fully saturated rings. The molecule has 0 radical (unpaired) electrons. The van der Waals surface area contributed by atoms with Gasteiger partial charge in [0, 0.05) is 12.4 Å². The Kier molecular flexibility index (Phi) is 1.88. The standard InChI is InChI=1S/C9H12N4/c1-6-2-3-11-4-7(6)8-5-12-9(10)13-8/h2-4,8H,5H2,1H3,(H3,10,12,13). The van der Waals surface area contributed by atoms with Crippen LogP contribution in [-0.2, 0) is 0 Å². The van der Waals surface area contributed by atoms with Gasteiger partial charge in [0.05, 0.1) is 12.6 Å². The zero-order valence-electron chi connectivity index (χ0n) is 7.49. The van der Waals surface area contributed by atoms with Crippen molar-refractivity contribution < 1.29 is 0 Å². The fourth-order valence-corrected chi connectivity index (χ4v) is 1.48. The number of hydrogen-bond acceptors (Lipinski definition) is 4. The van der Waals surface area contributed by atoms with Crippen LogP contribution in [0.1, 0.15) is 17.2 Å². The van der Waals surface area contributed by atoms with Crippen LogP contribution >= 0.6 is 0 Å². The zero-order valence-corrected chi connectivity index (χ0v) is 7.49. The van der Waals surface area contributed by atoms with Crippen LogP contribution < -0.4 is 11.1 Å². The first-order valence-corrected chi connectivity index (χ1v) is 4.24. The van der Waals surface area contributed by atoms with Gasteiger partial charge >= 0.3 is 0 Å². The molecule has 0 spiro atoms. The predicted molar refractivity (Wildman–Crippen MR) is 51.3 cm³/mol. The van der Waals surface area contributed by atoms with Gasteiger partial charge in [-0.3, -0.25) is 9.98 Å². The van der Waals surface area contributed by atoms with E-state index in [4.69, 9.17) is 5.73 Å². The minimum absolute atomic E-state index is 0.202. The van der Waals surface area contributed by atoms with Gasteiger partial charge in [-0.2, -0.15) is 0 Å². The first kappa shape index (κ1) is 8.04. The molecule has 3 N–H and O–H groups in total. The van der Waals surface area contributed by atoms with Crippen LogP contribution in [0.5, 0.6) is 0 Å². The lowest BCUT2D eigenvalue weighted by Gasteiger charge is -2.12. The molecule has 13 heavy (non-hydrogen) atoms. The van der Waals surface area contributed by atoms with Gasteiger partial charge in [-0.25, -0.2) is 0 Å².